The van der Waals surface area contributed by atoms with Gasteiger partial charge in [-0.2, -0.15) is 0 Å². The van der Waals surface area contributed by atoms with Crippen molar-refractivity contribution in [1.82, 2.24) is 9.71 Å². The first-order valence-electron chi connectivity index (χ1n) is 9.28. The topological polar surface area (TPSA) is 77.5 Å². The molecule has 1 aliphatic rings. The third kappa shape index (κ3) is 4.14. The Hall–Kier alpha value is -2.42. The smallest absolute Gasteiger partial charge is 0.241 e. The number of hydrogen-bond donors (Lipinski definition) is 1. The van der Waals surface area contributed by atoms with Gasteiger partial charge in [-0.25, -0.2) is 18.1 Å². The molecule has 2 heterocycles. The predicted molar refractivity (Wildman–Crippen MR) is 113 cm³/mol. The van der Waals surface area contributed by atoms with Crippen molar-refractivity contribution in [2.24, 2.45) is 0 Å². The van der Waals surface area contributed by atoms with Gasteiger partial charge in [-0.3, -0.25) is 0 Å². The van der Waals surface area contributed by atoms with E-state index in [1.54, 1.807) is 29.5 Å². The molecule has 4 rings (SSSR count). The van der Waals surface area contributed by atoms with Gasteiger partial charge in [0, 0.05) is 17.5 Å². The van der Waals surface area contributed by atoms with Crippen molar-refractivity contribution in [3.05, 3.63) is 57.9 Å². The summed E-state index contributed by atoms with van der Waals surface area (Å²) in [6.45, 7) is 6.25. The van der Waals surface area contributed by atoms with E-state index in [4.69, 9.17) is 9.47 Å². The molecular weight excluding hydrogens is 408 g/mol. The van der Waals surface area contributed by atoms with Gasteiger partial charge in [0.1, 0.15) is 0 Å². The molecule has 1 aromatic heterocycles. The highest BCUT2D eigenvalue weighted by atomic mass is 32.2. The van der Waals surface area contributed by atoms with E-state index in [9.17, 15) is 8.42 Å². The van der Waals surface area contributed by atoms with Crippen molar-refractivity contribution in [1.29, 1.82) is 0 Å². The number of aromatic nitrogens is 1. The van der Waals surface area contributed by atoms with E-state index in [1.165, 1.54) is 0 Å². The van der Waals surface area contributed by atoms with Crippen molar-refractivity contribution in [3.8, 4) is 22.8 Å². The maximum Gasteiger partial charge on any atom is 0.241 e. The molecule has 6 nitrogen and oxygen atoms in total. The Morgan fingerprint density at radius 1 is 1.14 bits per heavy atom. The quantitative estimate of drug-likeness (QED) is 0.625. The first-order chi connectivity index (χ1) is 13.8. The van der Waals surface area contributed by atoms with Gasteiger partial charge >= 0.3 is 0 Å². The lowest BCUT2D eigenvalue weighted by atomic mass is 10.0. The number of aryl methyl sites for hydroxylation is 1. The van der Waals surface area contributed by atoms with Crippen molar-refractivity contribution in [2.45, 2.75) is 38.1 Å². The summed E-state index contributed by atoms with van der Waals surface area (Å²) < 4.78 is 39.7. The maximum atomic E-state index is 13.2. The fourth-order valence-electron chi connectivity index (χ4n) is 3.21. The molecule has 0 saturated carbocycles. The van der Waals surface area contributed by atoms with E-state index >= 15 is 0 Å². The van der Waals surface area contributed by atoms with Gasteiger partial charge in [0.25, 0.3) is 0 Å². The normalized spacial score (nSPS) is 13.2. The molecule has 0 atom stereocenters. The number of nitrogens with one attached hydrogen (secondary N) is 1. The molecule has 0 amide bonds. The average molecular weight is 431 g/mol. The molecule has 1 N–H and O–H groups in total. The Morgan fingerprint density at radius 2 is 1.93 bits per heavy atom. The fourth-order valence-corrected chi connectivity index (χ4v) is 5.24. The zero-order chi connectivity index (χ0) is 20.6. The SMILES string of the molecule is Cc1nc(-c2ccc(C(C)C)c(S(=O)(=O)NCc3ccc4c(c3)OCO4)c2)cs1. The maximum absolute atomic E-state index is 13.2. The molecule has 3 aromatic rings. The summed E-state index contributed by atoms with van der Waals surface area (Å²) in [6, 6.07) is 10.9. The Kier molecular flexibility index (Phi) is 5.33. The van der Waals surface area contributed by atoms with Gasteiger partial charge in [0.15, 0.2) is 11.5 Å². The molecule has 152 valence electrons. The first kappa shape index (κ1) is 19.9. The second kappa shape index (κ2) is 7.78. The van der Waals surface area contributed by atoms with Crippen LogP contribution >= 0.6 is 11.3 Å². The standard InChI is InChI=1S/C21H22N2O4S2/c1-13(2)17-6-5-16(18-11-28-14(3)23-18)9-21(17)29(24,25)22-10-15-4-7-19-20(8-15)27-12-26-19/h4-9,11,13,22H,10,12H2,1-3H3. The molecule has 29 heavy (non-hydrogen) atoms. The highest BCUT2D eigenvalue weighted by Crippen LogP contribution is 2.33. The van der Waals surface area contributed by atoms with Crippen LogP contribution in [0.25, 0.3) is 11.3 Å². The van der Waals surface area contributed by atoms with E-state index in [1.807, 2.05) is 44.4 Å². The fraction of sp³-hybridized carbons (Fsp3) is 0.286. The van der Waals surface area contributed by atoms with Crippen LogP contribution in [0.3, 0.4) is 0 Å². The summed E-state index contributed by atoms with van der Waals surface area (Å²) in [5.41, 5.74) is 3.16. The number of hydrogen-bond acceptors (Lipinski definition) is 6. The second-order valence-electron chi connectivity index (χ2n) is 7.17. The monoisotopic (exact) mass is 430 g/mol. The average Bonchev–Trinajstić information content (AvgIpc) is 3.34. The van der Waals surface area contributed by atoms with Crippen LogP contribution in [0.1, 0.15) is 35.9 Å². The molecule has 0 saturated heterocycles. The number of benzene rings is 2. The van der Waals surface area contributed by atoms with E-state index in [0.29, 0.717) is 11.5 Å². The number of nitrogens with zero attached hydrogens (tertiary/aromatic N) is 1. The summed E-state index contributed by atoms with van der Waals surface area (Å²) in [5, 5.41) is 2.88. The van der Waals surface area contributed by atoms with Crippen molar-refractivity contribution in [3.63, 3.8) is 0 Å². The zero-order valence-electron chi connectivity index (χ0n) is 16.4. The van der Waals surface area contributed by atoms with E-state index in [2.05, 4.69) is 9.71 Å². The Balaban J connectivity index is 1.64. The number of thiazole rings is 1. The van der Waals surface area contributed by atoms with E-state index in [0.717, 1.165) is 27.4 Å². The molecule has 0 aliphatic carbocycles. The highest BCUT2D eigenvalue weighted by Gasteiger charge is 2.22. The third-order valence-electron chi connectivity index (χ3n) is 4.74. The lowest BCUT2D eigenvalue weighted by Gasteiger charge is -2.15. The highest BCUT2D eigenvalue weighted by molar-refractivity contribution is 7.89. The summed E-state index contributed by atoms with van der Waals surface area (Å²) in [6.07, 6.45) is 0. The second-order valence-corrected chi connectivity index (χ2v) is 9.97. The number of rotatable bonds is 6. The van der Waals surface area contributed by atoms with Gasteiger partial charge in [-0.05, 0) is 42.2 Å². The molecular formula is C21H22N2O4S2. The Labute approximate surface area is 174 Å². The molecule has 2 aromatic carbocycles. The number of fused-ring (bicyclic) bond motifs is 1. The minimum Gasteiger partial charge on any atom is -0.454 e. The molecule has 1 aliphatic heterocycles. The van der Waals surface area contributed by atoms with Gasteiger partial charge in [-0.1, -0.05) is 32.0 Å². The van der Waals surface area contributed by atoms with Gasteiger partial charge < -0.3 is 9.47 Å². The van der Waals surface area contributed by atoms with Crippen molar-refractivity contribution in [2.75, 3.05) is 6.79 Å². The molecule has 0 unspecified atom stereocenters. The van der Waals surface area contributed by atoms with Crippen LogP contribution in [0.2, 0.25) is 0 Å². The Bertz CT molecular complexity index is 1150. The van der Waals surface area contributed by atoms with Crippen LogP contribution in [0.5, 0.6) is 11.5 Å². The van der Waals surface area contributed by atoms with Crippen LogP contribution in [0, 0.1) is 6.92 Å². The van der Waals surface area contributed by atoms with E-state index < -0.39 is 10.0 Å². The van der Waals surface area contributed by atoms with Crippen LogP contribution in [-0.4, -0.2) is 20.2 Å². The lowest BCUT2D eigenvalue weighted by molar-refractivity contribution is 0.174. The largest absolute Gasteiger partial charge is 0.454 e. The van der Waals surface area contributed by atoms with Crippen LogP contribution in [0.4, 0.5) is 0 Å². The number of ether oxygens (including phenoxy) is 2. The predicted octanol–water partition coefficient (Wildman–Crippen LogP) is 4.45. The molecule has 8 heteroatoms. The van der Waals surface area contributed by atoms with Gasteiger partial charge in [0.05, 0.1) is 15.6 Å². The summed E-state index contributed by atoms with van der Waals surface area (Å²) >= 11 is 1.54. The summed E-state index contributed by atoms with van der Waals surface area (Å²) in [5.74, 6) is 1.37. The van der Waals surface area contributed by atoms with Crippen LogP contribution in [-0.2, 0) is 16.6 Å². The summed E-state index contributed by atoms with van der Waals surface area (Å²) in [7, 11) is -3.72. The molecule has 0 bridgehead atoms. The van der Waals surface area contributed by atoms with Crippen LogP contribution in [0.15, 0.2) is 46.7 Å². The minimum absolute atomic E-state index is 0.0679. The Morgan fingerprint density at radius 3 is 2.66 bits per heavy atom. The lowest BCUT2D eigenvalue weighted by Crippen LogP contribution is -2.24. The van der Waals surface area contributed by atoms with Crippen molar-refractivity contribution >= 4 is 21.4 Å². The third-order valence-corrected chi connectivity index (χ3v) is 6.97. The number of sulfonamides is 1. The van der Waals surface area contributed by atoms with Gasteiger partial charge in [0.2, 0.25) is 16.8 Å². The summed E-state index contributed by atoms with van der Waals surface area (Å²) in [4.78, 5) is 4.77. The first-order valence-corrected chi connectivity index (χ1v) is 11.6. The molecule has 0 fully saturated rings. The van der Waals surface area contributed by atoms with E-state index in [-0.39, 0.29) is 24.2 Å². The minimum atomic E-state index is -3.72. The van der Waals surface area contributed by atoms with Crippen LogP contribution < -0.4 is 14.2 Å². The molecule has 0 spiro atoms. The van der Waals surface area contributed by atoms with Gasteiger partial charge in [-0.15, -0.1) is 11.3 Å². The zero-order valence-corrected chi connectivity index (χ0v) is 18.1. The molecule has 0 radical (unpaired) electrons. The van der Waals surface area contributed by atoms with Crippen molar-refractivity contribution < 1.29 is 17.9 Å².